The van der Waals surface area contributed by atoms with Gasteiger partial charge in [-0.2, -0.15) is 4.98 Å². The van der Waals surface area contributed by atoms with Crippen molar-refractivity contribution >= 4 is 5.69 Å². The molecule has 1 atom stereocenters. The van der Waals surface area contributed by atoms with Gasteiger partial charge in [0.25, 0.3) is 5.89 Å². The van der Waals surface area contributed by atoms with Crippen LogP contribution in [-0.4, -0.2) is 26.8 Å². The topological polar surface area (TPSA) is 112 Å². The second-order valence-corrected chi connectivity index (χ2v) is 6.22. The molecule has 1 aromatic heterocycles. The van der Waals surface area contributed by atoms with E-state index in [0.29, 0.717) is 24.4 Å². The van der Waals surface area contributed by atoms with Crippen molar-refractivity contribution in [3.8, 4) is 28.6 Å². The normalized spacial score (nSPS) is 15.6. The molecule has 0 unspecified atom stereocenters. The summed E-state index contributed by atoms with van der Waals surface area (Å²) in [6.07, 6.45) is 0.938. The van der Waals surface area contributed by atoms with Crippen LogP contribution in [0.3, 0.4) is 0 Å². The molecule has 8 heteroatoms. The van der Waals surface area contributed by atoms with Gasteiger partial charge >= 0.3 is 5.69 Å². The number of aliphatic hydroxyl groups is 1. The van der Waals surface area contributed by atoms with Crippen molar-refractivity contribution in [2.45, 2.75) is 25.9 Å². The molecule has 0 fully saturated rings. The molecule has 0 spiro atoms. The molecule has 138 valence electrons. The summed E-state index contributed by atoms with van der Waals surface area (Å²) in [5.74, 6) is 0.778. The van der Waals surface area contributed by atoms with Crippen molar-refractivity contribution in [1.29, 1.82) is 0 Å². The van der Waals surface area contributed by atoms with Crippen LogP contribution in [0.5, 0.6) is 5.75 Å². The maximum Gasteiger partial charge on any atom is 0.311 e. The van der Waals surface area contributed by atoms with E-state index in [1.807, 2.05) is 18.2 Å². The molecule has 1 N–H and O–H groups in total. The molecule has 0 radical (unpaired) electrons. The van der Waals surface area contributed by atoms with Crippen molar-refractivity contribution in [3.05, 3.63) is 57.6 Å². The van der Waals surface area contributed by atoms with E-state index in [1.165, 1.54) is 12.1 Å². The number of ether oxygens (including phenoxy) is 1. The van der Waals surface area contributed by atoms with Gasteiger partial charge in [0.2, 0.25) is 5.82 Å². The Morgan fingerprint density at radius 1 is 1.37 bits per heavy atom. The first kappa shape index (κ1) is 17.2. The van der Waals surface area contributed by atoms with Crippen molar-refractivity contribution < 1.29 is 19.3 Å². The van der Waals surface area contributed by atoms with E-state index in [0.717, 1.165) is 23.1 Å². The fourth-order valence-electron chi connectivity index (χ4n) is 3.36. The number of aromatic nitrogens is 2. The van der Waals surface area contributed by atoms with Crippen LogP contribution < -0.4 is 4.74 Å². The number of nitrogens with zero attached hydrogens (tertiary/aromatic N) is 3. The van der Waals surface area contributed by atoms with Gasteiger partial charge in [0, 0.05) is 17.2 Å². The summed E-state index contributed by atoms with van der Waals surface area (Å²) >= 11 is 0. The van der Waals surface area contributed by atoms with Crippen LogP contribution in [0.25, 0.3) is 22.8 Å². The molecule has 27 heavy (non-hydrogen) atoms. The first-order valence-electron chi connectivity index (χ1n) is 8.64. The highest BCUT2D eigenvalue weighted by atomic mass is 16.6. The van der Waals surface area contributed by atoms with Crippen molar-refractivity contribution in [3.63, 3.8) is 0 Å². The molecule has 0 saturated carbocycles. The summed E-state index contributed by atoms with van der Waals surface area (Å²) in [5, 5.41) is 25.4. The van der Waals surface area contributed by atoms with Gasteiger partial charge in [-0.1, -0.05) is 23.4 Å². The molecule has 0 aliphatic heterocycles. The minimum Gasteiger partial charge on any atom is -0.487 e. The molecule has 1 heterocycles. The molecule has 1 aliphatic rings. The highest BCUT2D eigenvalue weighted by molar-refractivity contribution is 5.67. The van der Waals surface area contributed by atoms with E-state index < -0.39 is 11.0 Å². The quantitative estimate of drug-likeness (QED) is 0.540. The first-order chi connectivity index (χ1) is 13.1. The molecule has 0 saturated heterocycles. The number of rotatable bonds is 5. The molecule has 0 amide bonds. The predicted octanol–water partition coefficient (Wildman–Crippen LogP) is 3.69. The second kappa shape index (κ2) is 6.81. The summed E-state index contributed by atoms with van der Waals surface area (Å²) < 4.78 is 10.6. The zero-order valence-electron chi connectivity index (χ0n) is 14.6. The smallest absolute Gasteiger partial charge is 0.311 e. The van der Waals surface area contributed by atoms with Gasteiger partial charge in [-0.3, -0.25) is 10.1 Å². The molecular weight excluding hydrogens is 350 g/mol. The Hall–Kier alpha value is -3.26. The van der Waals surface area contributed by atoms with Gasteiger partial charge in [0.15, 0.2) is 5.75 Å². The average molecular weight is 367 g/mol. The van der Waals surface area contributed by atoms with Crippen molar-refractivity contribution in [2.75, 3.05) is 6.61 Å². The first-order valence-corrected chi connectivity index (χ1v) is 8.64. The van der Waals surface area contributed by atoms with E-state index in [1.54, 1.807) is 13.0 Å². The summed E-state index contributed by atoms with van der Waals surface area (Å²) in [5.41, 5.74) is 2.99. The Balaban J connectivity index is 1.72. The summed E-state index contributed by atoms with van der Waals surface area (Å²) in [6, 6.07) is 10.2. The maximum atomic E-state index is 11.3. The highest BCUT2D eigenvalue weighted by Crippen LogP contribution is 2.37. The number of aliphatic hydroxyl groups excluding tert-OH is 1. The molecule has 1 aliphatic carbocycles. The van der Waals surface area contributed by atoms with Crippen LogP contribution in [0.15, 0.2) is 40.9 Å². The Kier molecular flexibility index (Phi) is 4.33. The van der Waals surface area contributed by atoms with E-state index in [9.17, 15) is 15.2 Å². The van der Waals surface area contributed by atoms with Crippen LogP contribution in [0.4, 0.5) is 5.69 Å². The highest BCUT2D eigenvalue weighted by Gasteiger charge is 2.25. The minimum absolute atomic E-state index is 0.155. The van der Waals surface area contributed by atoms with Gasteiger partial charge < -0.3 is 14.4 Å². The third-order valence-corrected chi connectivity index (χ3v) is 4.61. The molecule has 4 rings (SSSR count). The number of hydrogen-bond acceptors (Lipinski definition) is 7. The van der Waals surface area contributed by atoms with Crippen LogP contribution in [0.2, 0.25) is 0 Å². The maximum absolute atomic E-state index is 11.3. The predicted molar refractivity (Wildman–Crippen MR) is 96.3 cm³/mol. The molecule has 0 bridgehead atoms. The fraction of sp³-hybridized carbons (Fsp3) is 0.263. The molecule has 3 aromatic rings. The number of hydrogen-bond donors (Lipinski definition) is 1. The number of nitro benzene ring substituents is 1. The Morgan fingerprint density at radius 3 is 3.00 bits per heavy atom. The largest absolute Gasteiger partial charge is 0.487 e. The monoisotopic (exact) mass is 367 g/mol. The van der Waals surface area contributed by atoms with Gasteiger partial charge in [0.05, 0.1) is 17.6 Å². The second-order valence-electron chi connectivity index (χ2n) is 6.22. The van der Waals surface area contributed by atoms with E-state index in [2.05, 4.69) is 10.1 Å². The van der Waals surface area contributed by atoms with Crippen molar-refractivity contribution in [1.82, 2.24) is 10.1 Å². The van der Waals surface area contributed by atoms with Gasteiger partial charge in [-0.05, 0) is 43.0 Å². The lowest BCUT2D eigenvalue weighted by molar-refractivity contribution is -0.385. The average Bonchev–Trinajstić information content (AvgIpc) is 3.30. The zero-order valence-corrected chi connectivity index (χ0v) is 14.6. The van der Waals surface area contributed by atoms with Gasteiger partial charge in [0.1, 0.15) is 0 Å². The van der Waals surface area contributed by atoms with Crippen LogP contribution in [-0.2, 0) is 6.42 Å². The fourth-order valence-corrected chi connectivity index (χ4v) is 3.36. The molecule has 2 aromatic carbocycles. The summed E-state index contributed by atoms with van der Waals surface area (Å²) in [4.78, 5) is 15.2. The van der Waals surface area contributed by atoms with Crippen molar-refractivity contribution in [2.24, 2.45) is 0 Å². The SMILES string of the molecule is CCOc1ccc(-c2nc(-c3cccc4c3CC[C@@H]4O)no2)cc1[N+](=O)[O-]. The number of benzene rings is 2. The lowest BCUT2D eigenvalue weighted by atomic mass is 10.0. The standard InChI is InChI=1S/C19H17N3O5/c1-2-26-17-9-6-11(10-15(17)22(24)25)19-20-18(21-27-19)14-5-3-4-13-12(14)7-8-16(13)23/h3-6,9-10,16,23H,2,7-8H2,1H3/t16-/m0/s1. The van der Waals surface area contributed by atoms with Crippen LogP contribution >= 0.6 is 0 Å². The Bertz CT molecular complexity index is 1010. The summed E-state index contributed by atoms with van der Waals surface area (Å²) in [7, 11) is 0. The lowest BCUT2D eigenvalue weighted by Crippen LogP contribution is -1.97. The van der Waals surface area contributed by atoms with Crippen LogP contribution in [0, 0.1) is 10.1 Å². The number of fused-ring (bicyclic) bond motifs is 1. The minimum atomic E-state index is -0.503. The molecule has 8 nitrogen and oxygen atoms in total. The van der Waals surface area contributed by atoms with Crippen LogP contribution in [0.1, 0.15) is 30.6 Å². The Labute approximate surface area is 154 Å². The number of nitro groups is 1. The lowest BCUT2D eigenvalue weighted by Gasteiger charge is -2.06. The Morgan fingerprint density at radius 2 is 2.22 bits per heavy atom. The summed E-state index contributed by atoms with van der Waals surface area (Å²) in [6.45, 7) is 2.09. The van der Waals surface area contributed by atoms with E-state index >= 15 is 0 Å². The van der Waals surface area contributed by atoms with E-state index in [-0.39, 0.29) is 17.3 Å². The third kappa shape index (κ3) is 3.04. The van der Waals surface area contributed by atoms with Gasteiger partial charge in [-0.25, -0.2) is 0 Å². The van der Waals surface area contributed by atoms with Gasteiger partial charge in [-0.15, -0.1) is 0 Å². The zero-order chi connectivity index (χ0) is 19.0. The molecular formula is C19H17N3O5. The van der Waals surface area contributed by atoms with E-state index in [4.69, 9.17) is 9.26 Å². The third-order valence-electron chi connectivity index (χ3n) is 4.61.